The average Bonchev–Trinajstić information content (AvgIpc) is 2.73. The van der Waals surface area contributed by atoms with Crippen molar-refractivity contribution in [2.45, 2.75) is 84.5 Å². The van der Waals surface area contributed by atoms with Crippen molar-refractivity contribution in [1.29, 1.82) is 0 Å². The van der Waals surface area contributed by atoms with Crippen molar-refractivity contribution >= 4 is 5.97 Å². The van der Waals surface area contributed by atoms with Crippen LogP contribution in [0.5, 0.6) is 0 Å². The first-order chi connectivity index (χ1) is 14.3. The molecular weight excluding hydrogens is 372 g/mol. The average molecular weight is 419 g/mol. The van der Waals surface area contributed by atoms with Crippen LogP contribution in [-0.4, -0.2) is 65.4 Å². The van der Waals surface area contributed by atoms with Gasteiger partial charge in [0.25, 0.3) is 0 Å². The monoisotopic (exact) mass is 418 g/mol. The van der Waals surface area contributed by atoms with Gasteiger partial charge in [-0.3, -0.25) is 4.79 Å². The van der Waals surface area contributed by atoms with Crippen molar-refractivity contribution < 1.29 is 28.5 Å². The van der Waals surface area contributed by atoms with E-state index in [9.17, 15) is 4.79 Å². The molecule has 0 saturated heterocycles. The molecule has 0 saturated carbocycles. The lowest BCUT2D eigenvalue weighted by Gasteiger charge is -2.08. The highest BCUT2D eigenvalue weighted by Gasteiger charge is 2.02. The van der Waals surface area contributed by atoms with Crippen LogP contribution in [0.15, 0.2) is 0 Å². The molecule has 0 spiro atoms. The maximum Gasteiger partial charge on any atom is 0.305 e. The van der Waals surface area contributed by atoms with Gasteiger partial charge < -0.3 is 23.7 Å². The van der Waals surface area contributed by atoms with Crippen LogP contribution >= 0.6 is 0 Å². The zero-order chi connectivity index (χ0) is 21.3. The first kappa shape index (κ1) is 28.3. The number of ether oxygens (including phenoxy) is 5. The van der Waals surface area contributed by atoms with Crippen molar-refractivity contribution in [1.82, 2.24) is 0 Å². The molecule has 0 rings (SSSR count). The molecule has 0 heterocycles. The predicted octanol–water partition coefficient (Wildman–Crippen LogP) is 4.93. The van der Waals surface area contributed by atoms with Gasteiger partial charge in [0, 0.05) is 19.6 Å². The molecular formula is C23H46O6. The summed E-state index contributed by atoms with van der Waals surface area (Å²) in [7, 11) is 0. The minimum Gasteiger partial charge on any atom is -0.466 e. The van der Waals surface area contributed by atoms with E-state index >= 15 is 0 Å². The fraction of sp³-hybridized carbons (Fsp3) is 0.957. The lowest BCUT2D eigenvalue weighted by molar-refractivity contribution is -0.144. The Morgan fingerprint density at radius 1 is 0.483 bits per heavy atom. The van der Waals surface area contributed by atoms with Crippen molar-refractivity contribution in [3.8, 4) is 0 Å². The number of carbonyl (C=O) groups excluding carboxylic acids is 1. The second-order valence-corrected chi connectivity index (χ2v) is 7.25. The predicted molar refractivity (Wildman–Crippen MR) is 116 cm³/mol. The summed E-state index contributed by atoms with van der Waals surface area (Å²) in [6, 6.07) is 0. The molecule has 6 heteroatoms. The van der Waals surface area contributed by atoms with E-state index in [0.717, 1.165) is 25.9 Å². The van der Waals surface area contributed by atoms with Crippen molar-refractivity contribution in [3.05, 3.63) is 0 Å². The molecule has 0 bridgehead atoms. The van der Waals surface area contributed by atoms with E-state index in [2.05, 4.69) is 13.8 Å². The van der Waals surface area contributed by atoms with E-state index in [1.54, 1.807) is 0 Å². The van der Waals surface area contributed by atoms with Crippen LogP contribution in [0.3, 0.4) is 0 Å². The molecule has 0 aliphatic carbocycles. The number of hydrogen-bond acceptors (Lipinski definition) is 6. The van der Waals surface area contributed by atoms with Crippen LogP contribution in [0.1, 0.15) is 84.5 Å². The summed E-state index contributed by atoms with van der Waals surface area (Å²) >= 11 is 0. The summed E-state index contributed by atoms with van der Waals surface area (Å²) in [6.07, 6.45) is 11.9. The van der Waals surface area contributed by atoms with Crippen LogP contribution in [0.25, 0.3) is 0 Å². The van der Waals surface area contributed by atoms with Gasteiger partial charge in [0.15, 0.2) is 0 Å². The summed E-state index contributed by atoms with van der Waals surface area (Å²) in [5.41, 5.74) is 0. The minimum absolute atomic E-state index is 0.123. The normalized spacial score (nSPS) is 11.1. The first-order valence-corrected chi connectivity index (χ1v) is 11.8. The maximum atomic E-state index is 11.6. The molecule has 0 amide bonds. The summed E-state index contributed by atoms with van der Waals surface area (Å²) in [6.45, 7) is 9.80. The smallest absolute Gasteiger partial charge is 0.305 e. The molecule has 0 unspecified atom stereocenters. The molecule has 0 aromatic heterocycles. The third-order valence-corrected chi connectivity index (χ3v) is 4.44. The third kappa shape index (κ3) is 25.3. The number of carbonyl (C=O) groups is 1. The highest BCUT2D eigenvalue weighted by Crippen LogP contribution is 2.03. The number of rotatable bonds is 24. The van der Waals surface area contributed by atoms with Gasteiger partial charge in [-0.2, -0.15) is 0 Å². The number of hydrogen-bond donors (Lipinski definition) is 0. The molecule has 0 aliphatic rings. The van der Waals surface area contributed by atoms with Gasteiger partial charge in [0.1, 0.15) is 0 Å². The maximum absolute atomic E-state index is 11.6. The van der Waals surface area contributed by atoms with Gasteiger partial charge in [-0.25, -0.2) is 0 Å². The molecule has 0 aromatic rings. The molecule has 0 aliphatic heterocycles. The highest BCUT2D eigenvalue weighted by atomic mass is 16.6. The van der Waals surface area contributed by atoms with Crippen LogP contribution in [0.4, 0.5) is 0 Å². The van der Waals surface area contributed by atoms with Crippen molar-refractivity contribution in [2.75, 3.05) is 59.5 Å². The van der Waals surface area contributed by atoms with Crippen LogP contribution < -0.4 is 0 Å². The van der Waals surface area contributed by atoms with E-state index in [-0.39, 0.29) is 5.97 Å². The highest BCUT2D eigenvalue weighted by molar-refractivity contribution is 5.69. The van der Waals surface area contributed by atoms with Gasteiger partial charge in [-0.15, -0.1) is 0 Å². The Morgan fingerprint density at radius 2 is 0.897 bits per heavy atom. The van der Waals surface area contributed by atoms with E-state index in [1.807, 2.05) is 0 Å². The van der Waals surface area contributed by atoms with Crippen LogP contribution in [0, 0.1) is 0 Å². The summed E-state index contributed by atoms with van der Waals surface area (Å²) in [4.78, 5) is 11.6. The van der Waals surface area contributed by atoms with Gasteiger partial charge in [-0.1, -0.05) is 58.8 Å². The largest absolute Gasteiger partial charge is 0.466 e. The van der Waals surface area contributed by atoms with E-state index in [4.69, 9.17) is 23.7 Å². The Bertz CT molecular complexity index is 324. The lowest BCUT2D eigenvalue weighted by Crippen LogP contribution is -2.12. The molecule has 29 heavy (non-hydrogen) atoms. The fourth-order valence-electron chi connectivity index (χ4n) is 2.68. The summed E-state index contributed by atoms with van der Waals surface area (Å²) in [5, 5.41) is 0. The Morgan fingerprint density at radius 3 is 1.45 bits per heavy atom. The quantitative estimate of drug-likeness (QED) is 0.164. The second-order valence-electron chi connectivity index (χ2n) is 7.25. The Balaban J connectivity index is 3.10. The second kappa shape index (κ2) is 25.3. The summed E-state index contributed by atoms with van der Waals surface area (Å²) in [5.74, 6) is -0.123. The number of esters is 1. The SMILES string of the molecule is CCCCCCCOC(=O)CCCOCCOCCOCCOCCCCCC. The van der Waals surface area contributed by atoms with Gasteiger partial charge in [-0.05, 0) is 19.3 Å². The Kier molecular flexibility index (Phi) is 24.7. The molecule has 0 radical (unpaired) electrons. The zero-order valence-electron chi connectivity index (χ0n) is 19.1. The minimum atomic E-state index is -0.123. The Hall–Kier alpha value is -0.690. The zero-order valence-corrected chi connectivity index (χ0v) is 19.1. The molecule has 6 nitrogen and oxygen atoms in total. The topological polar surface area (TPSA) is 63.2 Å². The molecule has 0 aromatic carbocycles. The van der Waals surface area contributed by atoms with Crippen LogP contribution in [-0.2, 0) is 28.5 Å². The first-order valence-electron chi connectivity index (χ1n) is 11.8. The molecule has 0 fully saturated rings. The van der Waals surface area contributed by atoms with Gasteiger partial charge in [0.05, 0.1) is 46.2 Å². The third-order valence-electron chi connectivity index (χ3n) is 4.44. The summed E-state index contributed by atoms with van der Waals surface area (Å²) < 4.78 is 27.1. The van der Waals surface area contributed by atoms with E-state index in [1.165, 1.54) is 38.5 Å². The Labute approximate surface area is 178 Å². The van der Waals surface area contributed by atoms with Crippen LogP contribution in [0.2, 0.25) is 0 Å². The lowest BCUT2D eigenvalue weighted by atomic mass is 10.2. The fourth-order valence-corrected chi connectivity index (χ4v) is 2.68. The van der Waals surface area contributed by atoms with E-state index < -0.39 is 0 Å². The molecule has 0 atom stereocenters. The van der Waals surface area contributed by atoms with Crippen molar-refractivity contribution in [2.24, 2.45) is 0 Å². The number of unbranched alkanes of at least 4 members (excludes halogenated alkanes) is 7. The van der Waals surface area contributed by atoms with Gasteiger partial charge in [0.2, 0.25) is 0 Å². The van der Waals surface area contributed by atoms with E-state index in [0.29, 0.717) is 65.7 Å². The molecule has 174 valence electrons. The standard InChI is InChI=1S/C23H46O6/c1-3-5-7-9-11-16-29-23(24)13-12-15-26-18-20-28-22-21-27-19-17-25-14-10-8-6-4-2/h3-22H2,1-2H3. The van der Waals surface area contributed by atoms with Crippen molar-refractivity contribution in [3.63, 3.8) is 0 Å². The van der Waals surface area contributed by atoms with Gasteiger partial charge >= 0.3 is 5.97 Å². The molecule has 0 N–H and O–H groups in total.